The average Bonchev–Trinajstić information content (AvgIpc) is 2.77. The number of benzene rings is 1. The number of halogens is 1. The summed E-state index contributed by atoms with van der Waals surface area (Å²) in [7, 11) is 4.30. The number of hydrogen-bond donors (Lipinski definition) is 1. The summed E-state index contributed by atoms with van der Waals surface area (Å²) >= 11 is 3.50. The van der Waals surface area contributed by atoms with Crippen LogP contribution in [0.25, 0.3) is 0 Å². The maximum atomic E-state index is 13.7. The van der Waals surface area contributed by atoms with Crippen LogP contribution in [-0.4, -0.2) is 45.7 Å². The lowest BCUT2D eigenvalue weighted by Gasteiger charge is -2.38. The zero-order valence-electron chi connectivity index (χ0n) is 19.5. The van der Waals surface area contributed by atoms with Gasteiger partial charge in [0.2, 0.25) is 0 Å². The van der Waals surface area contributed by atoms with E-state index in [0.717, 1.165) is 0 Å². The Morgan fingerprint density at radius 1 is 1.18 bits per heavy atom. The molecule has 3 atom stereocenters. The number of hydrogen-bond acceptors (Lipinski definition) is 8. The van der Waals surface area contributed by atoms with Crippen molar-refractivity contribution in [3.05, 3.63) is 44.7 Å². The lowest BCUT2D eigenvalue weighted by Crippen LogP contribution is -2.43. The fourth-order valence-electron chi connectivity index (χ4n) is 4.60. The van der Waals surface area contributed by atoms with Gasteiger partial charge in [0.25, 0.3) is 0 Å². The van der Waals surface area contributed by atoms with Crippen molar-refractivity contribution in [1.29, 1.82) is 0 Å². The minimum Gasteiger partial charge on any atom is -0.493 e. The van der Waals surface area contributed by atoms with Crippen LogP contribution in [-0.2, 0) is 23.9 Å². The fourth-order valence-corrected chi connectivity index (χ4v) is 5.22. The first kappa shape index (κ1) is 24.8. The van der Waals surface area contributed by atoms with Crippen LogP contribution in [0, 0.1) is 11.8 Å². The zero-order chi connectivity index (χ0) is 24.4. The largest absolute Gasteiger partial charge is 0.493 e. The van der Waals surface area contributed by atoms with Gasteiger partial charge in [-0.05, 0) is 59.8 Å². The summed E-state index contributed by atoms with van der Waals surface area (Å²) in [5.74, 6) is -2.55. The number of Topliss-reactive ketones (excluding diaryl/α,β-unsaturated/α-hetero) is 1. The van der Waals surface area contributed by atoms with E-state index in [-0.39, 0.29) is 18.3 Å². The van der Waals surface area contributed by atoms with E-state index in [0.29, 0.717) is 50.5 Å². The highest BCUT2D eigenvalue weighted by Gasteiger charge is 2.47. The number of ether oxygens (including phenoxy) is 4. The van der Waals surface area contributed by atoms with Crippen molar-refractivity contribution in [2.45, 2.75) is 33.1 Å². The van der Waals surface area contributed by atoms with Gasteiger partial charge in [0.1, 0.15) is 5.92 Å². The molecule has 0 spiro atoms. The van der Waals surface area contributed by atoms with Crippen LogP contribution in [0.2, 0.25) is 0 Å². The second-order valence-corrected chi connectivity index (χ2v) is 8.85. The summed E-state index contributed by atoms with van der Waals surface area (Å²) in [5.41, 5.74) is 2.58. The predicted octanol–water partition coefficient (Wildman–Crippen LogP) is 3.64. The topological polar surface area (TPSA) is 100 Å². The van der Waals surface area contributed by atoms with Crippen LogP contribution in [0.4, 0.5) is 0 Å². The Labute approximate surface area is 201 Å². The lowest BCUT2D eigenvalue weighted by atomic mass is 9.69. The number of ketones is 1. The van der Waals surface area contributed by atoms with Gasteiger partial charge in [-0.25, -0.2) is 4.79 Å². The first-order valence-electron chi connectivity index (χ1n) is 10.6. The van der Waals surface area contributed by atoms with Crippen LogP contribution in [0.15, 0.2) is 39.1 Å². The number of dihydropyridines is 1. The number of rotatable bonds is 6. The van der Waals surface area contributed by atoms with E-state index in [9.17, 15) is 14.4 Å². The molecule has 1 aromatic rings. The number of carbonyl (C=O) groups is 3. The zero-order valence-corrected chi connectivity index (χ0v) is 21.1. The van der Waals surface area contributed by atoms with Crippen molar-refractivity contribution < 1.29 is 33.3 Å². The van der Waals surface area contributed by atoms with Gasteiger partial charge < -0.3 is 24.3 Å². The van der Waals surface area contributed by atoms with Gasteiger partial charge in [-0.15, -0.1) is 0 Å². The molecule has 1 aliphatic heterocycles. The number of nitrogens with one attached hydrogen (secondary N) is 1. The number of allylic oxidation sites excluding steroid dienone is 3. The molecule has 1 aromatic carbocycles. The van der Waals surface area contributed by atoms with Crippen molar-refractivity contribution in [3.8, 4) is 11.5 Å². The first-order valence-corrected chi connectivity index (χ1v) is 11.4. The maximum Gasteiger partial charge on any atom is 0.336 e. The second-order valence-electron chi connectivity index (χ2n) is 7.99. The average molecular weight is 522 g/mol. The van der Waals surface area contributed by atoms with E-state index in [2.05, 4.69) is 21.2 Å². The van der Waals surface area contributed by atoms with Gasteiger partial charge >= 0.3 is 11.9 Å². The van der Waals surface area contributed by atoms with Crippen molar-refractivity contribution in [1.82, 2.24) is 5.32 Å². The Hall–Kier alpha value is -2.81. The molecular formula is C24H28BrNO7. The van der Waals surface area contributed by atoms with Crippen LogP contribution >= 0.6 is 15.9 Å². The van der Waals surface area contributed by atoms with Crippen LogP contribution < -0.4 is 14.8 Å². The second kappa shape index (κ2) is 9.99. The van der Waals surface area contributed by atoms with Crippen molar-refractivity contribution in [2.75, 3.05) is 27.9 Å². The number of esters is 2. The third-order valence-corrected chi connectivity index (χ3v) is 6.62. The molecule has 3 rings (SSSR count). The molecule has 1 heterocycles. The Balaban J connectivity index is 2.27. The molecule has 0 bridgehead atoms. The molecular weight excluding hydrogens is 494 g/mol. The smallest absolute Gasteiger partial charge is 0.336 e. The van der Waals surface area contributed by atoms with E-state index in [1.165, 1.54) is 21.3 Å². The molecule has 178 valence electrons. The molecule has 0 saturated heterocycles. The summed E-state index contributed by atoms with van der Waals surface area (Å²) < 4.78 is 21.8. The Kier molecular flexibility index (Phi) is 7.51. The van der Waals surface area contributed by atoms with Crippen molar-refractivity contribution in [2.24, 2.45) is 11.8 Å². The number of carbonyl (C=O) groups excluding carboxylic acids is 3. The SMILES string of the molecule is CCOC(=O)C1=C(C)NC2=C(C(=O)[C@H](C(=O)OC)[C@@H](C)C2)[C@@H]1c1cc(Br)c(OC)c(OC)c1. The van der Waals surface area contributed by atoms with E-state index < -0.39 is 23.8 Å². The number of methoxy groups -OCH3 is 3. The van der Waals surface area contributed by atoms with E-state index in [1.807, 2.05) is 6.92 Å². The van der Waals surface area contributed by atoms with Gasteiger partial charge in [0, 0.05) is 22.9 Å². The molecule has 0 saturated carbocycles. The standard InChI is InChI=1S/C24H28BrNO7/c1-7-33-24(29)18-12(3)26-15-8-11(2)17(23(28)32-6)21(27)20(15)19(18)13-9-14(25)22(31-5)16(10-13)30-4/h9-11,17,19,26H,7-8H2,1-6H3/t11-,17+,19+/m0/s1. The van der Waals surface area contributed by atoms with Crippen LogP contribution in [0.5, 0.6) is 11.5 Å². The first-order chi connectivity index (χ1) is 15.7. The quantitative estimate of drug-likeness (QED) is 0.447. The molecule has 0 aromatic heterocycles. The molecule has 2 aliphatic rings. The fraction of sp³-hybridized carbons (Fsp3) is 0.458. The molecule has 8 nitrogen and oxygen atoms in total. The third kappa shape index (κ3) is 4.38. The van der Waals surface area contributed by atoms with E-state index in [1.54, 1.807) is 26.0 Å². The van der Waals surface area contributed by atoms with Gasteiger partial charge in [-0.3, -0.25) is 9.59 Å². The Morgan fingerprint density at radius 2 is 1.88 bits per heavy atom. The van der Waals surface area contributed by atoms with Gasteiger partial charge in [-0.1, -0.05) is 6.92 Å². The van der Waals surface area contributed by atoms with E-state index in [4.69, 9.17) is 18.9 Å². The van der Waals surface area contributed by atoms with Gasteiger partial charge in [0.05, 0.1) is 38.0 Å². The molecule has 0 fully saturated rings. The van der Waals surface area contributed by atoms with Crippen molar-refractivity contribution >= 4 is 33.7 Å². The summed E-state index contributed by atoms with van der Waals surface area (Å²) in [5, 5.41) is 3.23. The van der Waals surface area contributed by atoms with Crippen LogP contribution in [0.3, 0.4) is 0 Å². The molecule has 0 unspecified atom stereocenters. The molecule has 9 heteroatoms. The maximum absolute atomic E-state index is 13.7. The van der Waals surface area contributed by atoms with Gasteiger partial charge in [0.15, 0.2) is 17.3 Å². The monoisotopic (exact) mass is 521 g/mol. The molecule has 33 heavy (non-hydrogen) atoms. The lowest BCUT2D eigenvalue weighted by molar-refractivity contribution is -0.151. The highest BCUT2D eigenvalue weighted by molar-refractivity contribution is 9.10. The summed E-state index contributed by atoms with van der Waals surface area (Å²) in [4.78, 5) is 39.3. The summed E-state index contributed by atoms with van der Waals surface area (Å²) in [6, 6.07) is 3.52. The molecule has 0 radical (unpaired) electrons. The summed E-state index contributed by atoms with van der Waals surface area (Å²) in [6.45, 7) is 5.52. The van der Waals surface area contributed by atoms with Crippen molar-refractivity contribution in [3.63, 3.8) is 0 Å². The van der Waals surface area contributed by atoms with Gasteiger partial charge in [-0.2, -0.15) is 0 Å². The minimum atomic E-state index is -0.955. The Bertz CT molecular complexity index is 1060. The molecule has 1 N–H and O–H groups in total. The molecule has 1 aliphatic carbocycles. The highest BCUT2D eigenvalue weighted by atomic mass is 79.9. The summed E-state index contributed by atoms with van der Waals surface area (Å²) in [6.07, 6.45) is 0.458. The van der Waals surface area contributed by atoms with E-state index >= 15 is 0 Å². The van der Waals surface area contributed by atoms with Crippen LogP contribution in [0.1, 0.15) is 38.7 Å². The Morgan fingerprint density at radius 3 is 2.45 bits per heavy atom. The molecule has 0 amide bonds. The third-order valence-electron chi connectivity index (χ3n) is 6.03. The highest BCUT2D eigenvalue weighted by Crippen LogP contribution is 2.48. The minimum absolute atomic E-state index is 0.180. The predicted molar refractivity (Wildman–Crippen MR) is 124 cm³/mol. The normalized spacial score (nSPS) is 22.4.